The second-order valence-corrected chi connectivity index (χ2v) is 5.41. The minimum absolute atomic E-state index is 0.0969. The predicted molar refractivity (Wildman–Crippen MR) is 75.4 cm³/mol. The maximum atomic E-state index is 11.0. The third-order valence-corrected chi connectivity index (χ3v) is 3.76. The summed E-state index contributed by atoms with van der Waals surface area (Å²) in [5, 5.41) is 9.82. The maximum Gasteiger partial charge on any atom is 0.153 e. The third kappa shape index (κ3) is 2.92. The summed E-state index contributed by atoms with van der Waals surface area (Å²) in [6.07, 6.45) is 5.18. The highest BCUT2D eigenvalue weighted by Crippen LogP contribution is 2.36. The molecule has 1 N–H and O–H groups in total. The monoisotopic (exact) mass is 248 g/mol. The lowest BCUT2D eigenvalue weighted by Crippen LogP contribution is -2.22. The number of aromatic hydroxyl groups is 1. The SMILES string of the molecule is CCCC(C)(CCC)c1cc(C)c(O)c(C=O)c1. The zero-order valence-corrected chi connectivity index (χ0v) is 11.9. The average Bonchev–Trinajstić information content (AvgIpc) is 2.33. The van der Waals surface area contributed by atoms with E-state index in [2.05, 4.69) is 20.8 Å². The molecule has 0 heterocycles. The van der Waals surface area contributed by atoms with Crippen molar-refractivity contribution in [1.29, 1.82) is 0 Å². The molecular formula is C16H24O2. The molecule has 2 heteroatoms. The second-order valence-electron chi connectivity index (χ2n) is 5.41. The van der Waals surface area contributed by atoms with Gasteiger partial charge in [0, 0.05) is 0 Å². The van der Waals surface area contributed by atoms with Crippen LogP contribution in [-0.4, -0.2) is 11.4 Å². The topological polar surface area (TPSA) is 37.3 Å². The van der Waals surface area contributed by atoms with Gasteiger partial charge >= 0.3 is 0 Å². The Morgan fingerprint density at radius 3 is 2.22 bits per heavy atom. The standard InChI is InChI=1S/C16H24O2/c1-5-7-16(4,8-6-2)14-9-12(3)15(18)13(10-14)11-17/h9-11,18H,5-8H2,1-4H3. The van der Waals surface area contributed by atoms with Crippen molar-refractivity contribution in [2.75, 3.05) is 0 Å². The van der Waals surface area contributed by atoms with Crippen molar-refractivity contribution in [1.82, 2.24) is 0 Å². The molecule has 0 fully saturated rings. The molecule has 1 aromatic rings. The van der Waals surface area contributed by atoms with Crippen LogP contribution in [-0.2, 0) is 5.41 Å². The van der Waals surface area contributed by atoms with Gasteiger partial charge in [0.05, 0.1) is 5.56 Å². The van der Waals surface area contributed by atoms with E-state index in [1.165, 1.54) is 5.56 Å². The molecule has 0 radical (unpaired) electrons. The lowest BCUT2D eigenvalue weighted by molar-refractivity contribution is 0.112. The van der Waals surface area contributed by atoms with Crippen molar-refractivity contribution in [2.45, 2.75) is 58.8 Å². The first-order chi connectivity index (χ1) is 8.48. The van der Waals surface area contributed by atoms with E-state index in [-0.39, 0.29) is 11.2 Å². The summed E-state index contributed by atoms with van der Waals surface area (Å²) in [7, 11) is 0. The molecule has 0 saturated heterocycles. The van der Waals surface area contributed by atoms with Gasteiger partial charge in [-0.3, -0.25) is 4.79 Å². The molecule has 0 saturated carbocycles. The van der Waals surface area contributed by atoms with Crippen LogP contribution in [0.25, 0.3) is 0 Å². The average molecular weight is 248 g/mol. The van der Waals surface area contributed by atoms with Gasteiger partial charge in [-0.1, -0.05) is 39.7 Å². The maximum absolute atomic E-state index is 11.0. The number of benzene rings is 1. The zero-order valence-electron chi connectivity index (χ0n) is 11.9. The van der Waals surface area contributed by atoms with Crippen LogP contribution in [0.4, 0.5) is 0 Å². The van der Waals surface area contributed by atoms with Crippen molar-refractivity contribution in [3.8, 4) is 5.75 Å². The molecule has 0 aliphatic heterocycles. The van der Waals surface area contributed by atoms with Crippen LogP contribution in [0.2, 0.25) is 0 Å². The number of aryl methyl sites for hydroxylation is 1. The van der Waals surface area contributed by atoms with E-state index in [1.807, 2.05) is 19.1 Å². The quantitative estimate of drug-likeness (QED) is 0.759. The van der Waals surface area contributed by atoms with Crippen molar-refractivity contribution < 1.29 is 9.90 Å². The number of carbonyl (C=O) groups excluding carboxylic acids is 1. The van der Waals surface area contributed by atoms with Crippen molar-refractivity contribution >= 4 is 6.29 Å². The minimum Gasteiger partial charge on any atom is -0.507 e. The highest BCUT2D eigenvalue weighted by molar-refractivity contribution is 5.80. The number of phenols is 1. The largest absolute Gasteiger partial charge is 0.507 e. The van der Waals surface area contributed by atoms with E-state index < -0.39 is 0 Å². The zero-order chi connectivity index (χ0) is 13.8. The lowest BCUT2D eigenvalue weighted by atomic mass is 9.74. The smallest absolute Gasteiger partial charge is 0.153 e. The van der Waals surface area contributed by atoms with E-state index >= 15 is 0 Å². The fourth-order valence-corrected chi connectivity index (χ4v) is 2.76. The summed E-state index contributed by atoms with van der Waals surface area (Å²) >= 11 is 0. The first kappa shape index (κ1) is 14.7. The van der Waals surface area contributed by atoms with Crippen molar-refractivity contribution in [3.63, 3.8) is 0 Å². The fourth-order valence-electron chi connectivity index (χ4n) is 2.76. The molecule has 0 aliphatic rings. The van der Waals surface area contributed by atoms with E-state index in [9.17, 15) is 9.90 Å². The van der Waals surface area contributed by atoms with Crippen molar-refractivity contribution in [3.05, 3.63) is 28.8 Å². The van der Waals surface area contributed by atoms with Gasteiger partial charge in [-0.05, 0) is 42.4 Å². The Bertz CT molecular complexity index is 415. The molecule has 18 heavy (non-hydrogen) atoms. The summed E-state index contributed by atoms with van der Waals surface area (Å²) in [6, 6.07) is 3.87. The lowest BCUT2D eigenvalue weighted by Gasteiger charge is -2.30. The molecule has 0 unspecified atom stereocenters. The highest BCUT2D eigenvalue weighted by Gasteiger charge is 2.26. The van der Waals surface area contributed by atoms with Gasteiger partial charge < -0.3 is 5.11 Å². The molecule has 0 aliphatic carbocycles. The Labute approximate surface area is 110 Å². The molecule has 0 amide bonds. The van der Waals surface area contributed by atoms with Crippen LogP contribution >= 0.6 is 0 Å². The Balaban J connectivity index is 3.28. The number of rotatable bonds is 6. The number of hydrogen-bond donors (Lipinski definition) is 1. The van der Waals surface area contributed by atoms with Crippen molar-refractivity contribution in [2.24, 2.45) is 0 Å². The van der Waals surface area contributed by atoms with Gasteiger partial charge in [0.25, 0.3) is 0 Å². The third-order valence-electron chi connectivity index (χ3n) is 3.76. The van der Waals surface area contributed by atoms with Crippen LogP contribution in [0.3, 0.4) is 0 Å². The van der Waals surface area contributed by atoms with Gasteiger partial charge in [-0.15, -0.1) is 0 Å². The van der Waals surface area contributed by atoms with Crippen LogP contribution in [0.5, 0.6) is 5.75 Å². The Morgan fingerprint density at radius 2 is 1.78 bits per heavy atom. The van der Waals surface area contributed by atoms with Crippen LogP contribution in [0.15, 0.2) is 12.1 Å². The summed E-state index contributed by atoms with van der Waals surface area (Å²) < 4.78 is 0. The highest BCUT2D eigenvalue weighted by atomic mass is 16.3. The van der Waals surface area contributed by atoms with Gasteiger partial charge in [0.15, 0.2) is 6.29 Å². The van der Waals surface area contributed by atoms with Gasteiger partial charge in [0.1, 0.15) is 5.75 Å². The second kappa shape index (κ2) is 6.03. The van der Waals surface area contributed by atoms with Gasteiger partial charge in [-0.2, -0.15) is 0 Å². The molecular weight excluding hydrogens is 224 g/mol. The van der Waals surface area contributed by atoms with Crippen LogP contribution in [0.1, 0.15) is 67.9 Å². The fraction of sp³-hybridized carbons (Fsp3) is 0.562. The molecule has 1 aromatic carbocycles. The molecule has 0 aromatic heterocycles. The Morgan fingerprint density at radius 1 is 1.22 bits per heavy atom. The predicted octanol–water partition coefficient (Wildman–Crippen LogP) is 4.37. The molecule has 100 valence electrons. The molecule has 1 rings (SSSR count). The van der Waals surface area contributed by atoms with E-state index in [4.69, 9.17) is 0 Å². The van der Waals surface area contributed by atoms with Gasteiger partial charge in [0.2, 0.25) is 0 Å². The minimum atomic E-state index is 0.0969. The normalized spacial score (nSPS) is 11.6. The Hall–Kier alpha value is -1.31. The first-order valence-corrected chi connectivity index (χ1v) is 6.77. The van der Waals surface area contributed by atoms with E-state index in [0.29, 0.717) is 5.56 Å². The molecule has 0 spiro atoms. The van der Waals surface area contributed by atoms with E-state index in [0.717, 1.165) is 37.5 Å². The number of hydrogen-bond acceptors (Lipinski definition) is 2. The summed E-state index contributed by atoms with van der Waals surface area (Å²) in [5.41, 5.74) is 2.46. The summed E-state index contributed by atoms with van der Waals surface area (Å²) in [6.45, 7) is 8.47. The first-order valence-electron chi connectivity index (χ1n) is 6.77. The van der Waals surface area contributed by atoms with E-state index in [1.54, 1.807) is 0 Å². The molecule has 2 nitrogen and oxygen atoms in total. The number of aldehydes is 1. The van der Waals surface area contributed by atoms with Crippen LogP contribution in [0, 0.1) is 6.92 Å². The number of carbonyl (C=O) groups is 1. The summed E-state index contributed by atoms with van der Waals surface area (Å²) in [5.74, 6) is 0.115. The molecule has 0 atom stereocenters. The Kier molecular flexibility index (Phi) is 4.94. The molecule has 0 bridgehead atoms. The number of phenolic OH excluding ortho intramolecular Hbond substituents is 1. The summed E-state index contributed by atoms with van der Waals surface area (Å²) in [4.78, 5) is 11.0. The van der Waals surface area contributed by atoms with Gasteiger partial charge in [-0.25, -0.2) is 0 Å². The van der Waals surface area contributed by atoms with Crippen LogP contribution < -0.4 is 0 Å².